The Balaban J connectivity index is 2.18. The fraction of sp³-hybridized carbons (Fsp3) is 0.440. The molecular formula is C25H30F3N3O3S2. The molecule has 2 atom stereocenters. The lowest BCUT2D eigenvalue weighted by Crippen LogP contribution is -2.51. The lowest BCUT2D eigenvalue weighted by atomic mass is 9.96. The number of carbonyl (C=O) groups excluding carboxylic acids is 1. The van der Waals surface area contributed by atoms with Crippen LogP contribution in [0, 0.1) is 17.2 Å². The van der Waals surface area contributed by atoms with Gasteiger partial charge in [-0.2, -0.15) is 30.2 Å². The summed E-state index contributed by atoms with van der Waals surface area (Å²) in [5.41, 5.74) is 7.10. The van der Waals surface area contributed by atoms with Crippen molar-refractivity contribution in [1.29, 1.82) is 5.26 Å². The topological polar surface area (TPSA) is 104 Å². The van der Waals surface area contributed by atoms with Crippen LogP contribution in [-0.2, 0) is 26.1 Å². The Morgan fingerprint density at radius 1 is 1.06 bits per heavy atom. The third-order valence-corrected chi connectivity index (χ3v) is 7.71. The maximum absolute atomic E-state index is 14.2. The van der Waals surface area contributed by atoms with E-state index in [0.717, 1.165) is 22.3 Å². The van der Waals surface area contributed by atoms with Crippen LogP contribution in [-0.4, -0.2) is 44.2 Å². The van der Waals surface area contributed by atoms with Crippen molar-refractivity contribution in [2.24, 2.45) is 11.7 Å². The number of hydrogen-bond donors (Lipinski definition) is 1. The number of halogens is 3. The van der Waals surface area contributed by atoms with Crippen LogP contribution in [0.2, 0.25) is 0 Å². The van der Waals surface area contributed by atoms with Gasteiger partial charge in [0.05, 0.1) is 23.6 Å². The second-order valence-corrected chi connectivity index (χ2v) is 12.0. The highest BCUT2D eigenvalue weighted by molar-refractivity contribution is 7.97. The summed E-state index contributed by atoms with van der Waals surface area (Å²) in [4.78, 5) is 13.1. The largest absolute Gasteiger partial charge is 0.408 e. The zero-order chi connectivity index (χ0) is 27.1. The predicted octanol–water partition coefficient (Wildman–Crippen LogP) is 4.85. The fourth-order valence-corrected chi connectivity index (χ4v) is 5.40. The van der Waals surface area contributed by atoms with Crippen molar-refractivity contribution < 1.29 is 26.4 Å². The van der Waals surface area contributed by atoms with Crippen molar-refractivity contribution in [2.45, 2.75) is 54.9 Å². The molecule has 2 aromatic carbocycles. The second-order valence-electron chi connectivity index (χ2n) is 8.97. The molecule has 0 heterocycles. The highest BCUT2D eigenvalue weighted by atomic mass is 32.2. The summed E-state index contributed by atoms with van der Waals surface area (Å²) in [7, 11) is -3.26. The molecule has 0 aliphatic carbocycles. The summed E-state index contributed by atoms with van der Waals surface area (Å²) in [5, 5.41) is 9.21. The van der Waals surface area contributed by atoms with Crippen LogP contribution in [0.1, 0.15) is 43.0 Å². The lowest BCUT2D eigenvalue weighted by Gasteiger charge is -2.37. The first-order chi connectivity index (χ1) is 16.7. The first-order valence-electron chi connectivity index (χ1n) is 11.2. The van der Waals surface area contributed by atoms with Gasteiger partial charge in [0.25, 0.3) is 0 Å². The molecule has 0 saturated heterocycles. The fourth-order valence-electron chi connectivity index (χ4n) is 3.81. The molecule has 0 radical (unpaired) electrons. The van der Waals surface area contributed by atoms with E-state index in [4.69, 9.17) is 5.73 Å². The molecule has 2 aromatic rings. The molecule has 2 rings (SSSR count). The van der Waals surface area contributed by atoms with Gasteiger partial charge in [0.1, 0.15) is 6.04 Å². The molecule has 0 bridgehead atoms. The summed E-state index contributed by atoms with van der Waals surface area (Å²) in [5.74, 6) is 0.136. The van der Waals surface area contributed by atoms with E-state index < -0.39 is 40.5 Å². The van der Waals surface area contributed by atoms with E-state index in [9.17, 15) is 31.6 Å². The van der Waals surface area contributed by atoms with Crippen LogP contribution in [0.5, 0.6) is 0 Å². The van der Waals surface area contributed by atoms with Gasteiger partial charge in [0.15, 0.2) is 9.84 Å². The molecule has 0 fully saturated rings. The van der Waals surface area contributed by atoms with E-state index in [1.165, 1.54) is 23.9 Å². The third kappa shape index (κ3) is 8.54. The summed E-state index contributed by atoms with van der Waals surface area (Å²) in [6.07, 6.45) is -3.49. The monoisotopic (exact) mass is 541 g/mol. The number of rotatable bonds is 12. The van der Waals surface area contributed by atoms with Crippen molar-refractivity contribution in [3.63, 3.8) is 0 Å². The molecule has 2 N–H and O–H groups in total. The number of nitrogens with zero attached hydrogens (tertiary/aromatic N) is 2. The molecule has 0 aromatic heterocycles. The Labute approximate surface area is 214 Å². The van der Waals surface area contributed by atoms with Crippen molar-refractivity contribution >= 4 is 27.5 Å². The normalized spacial score (nSPS) is 14.0. The minimum absolute atomic E-state index is 0.0714. The Kier molecular flexibility index (Phi) is 10.4. The van der Waals surface area contributed by atoms with Gasteiger partial charge in [-0.05, 0) is 41.2 Å². The SMILES string of the molecule is CC(C)C[C@@H](C(N)=O)N(CC#N)[C@@H](c1ccc(CSCc2ccc(S(C)(=O)=O)cc2)cc1)C(F)(F)F. The first kappa shape index (κ1) is 29.7. The van der Waals surface area contributed by atoms with Crippen LogP contribution in [0.3, 0.4) is 0 Å². The number of primary amides is 1. The smallest absolute Gasteiger partial charge is 0.368 e. The van der Waals surface area contributed by atoms with E-state index in [2.05, 4.69) is 0 Å². The molecule has 0 aliphatic heterocycles. The minimum Gasteiger partial charge on any atom is -0.368 e. The molecule has 0 saturated carbocycles. The number of carbonyl (C=O) groups is 1. The average Bonchev–Trinajstić information content (AvgIpc) is 2.77. The molecule has 0 aliphatic rings. The number of thioether (sulfide) groups is 1. The Morgan fingerprint density at radius 2 is 1.56 bits per heavy atom. The van der Waals surface area contributed by atoms with Gasteiger partial charge in [0.2, 0.25) is 5.91 Å². The molecule has 1 amide bonds. The number of amides is 1. The van der Waals surface area contributed by atoms with Crippen LogP contribution in [0.25, 0.3) is 0 Å². The summed E-state index contributed by atoms with van der Waals surface area (Å²) in [6.45, 7) is 2.95. The summed E-state index contributed by atoms with van der Waals surface area (Å²) < 4.78 is 65.7. The molecule has 196 valence electrons. The lowest BCUT2D eigenvalue weighted by molar-refractivity contribution is -0.192. The highest BCUT2D eigenvalue weighted by Gasteiger charge is 2.47. The maximum atomic E-state index is 14.2. The van der Waals surface area contributed by atoms with Gasteiger partial charge in [-0.25, -0.2) is 8.42 Å². The number of alkyl halides is 3. The van der Waals surface area contributed by atoms with Crippen molar-refractivity contribution in [3.05, 3.63) is 65.2 Å². The minimum atomic E-state index is -4.73. The Bertz CT molecular complexity index is 1160. The Hall–Kier alpha value is -2.55. The van der Waals surface area contributed by atoms with Gasteiger partial charge < -0.3 is 5.73 Å². The maximum Gasteiger partial charge on any atom is 0.408 e. The molecule has 6 nitrogen and oxygen atoms in total. The number of sulfone groups is 1. The van der Waals surface area contributed by atoms with E-state index in [-0.39, 0.29) is 22.8 Å². The van der Waals surface area contributed by atoms with Crippen LogP contribution >= 0.6 is 11.8 Å². The van der Waals surface area contributed by atoms with E-state index >= 15 is 0 Å². The summed E-state index contributed by atoms with van der Waals surface area (Å²) >= 11 is 1.54. The van der Waals surface area contributed by atoms with Gasteiger partial charge in [-0.3, -0.25) is 9.69 Å². The molecular weight excluding hydrogens is 511 g/mol. The average molecular weight is 542 g/mol. The van der Waals surface area contributed by atoms with E-state index in [1.807, 2.05) is 0 Å². The summed E-state index contributed by atoms with van der Waals surface area (Å²) in [6, 6.07) is 10.8. The van der Waals surface area contributed by atoms with Gasteiger partial charge >= 0.3 is 6.18 Å². The molecule has 36 heavy (non-hydrogen) atoms. The van der Waals surface area contributed by atoms with E-state index in [0.29, 0.717) is 11.5 Å². The first-order valence-corrected chi connectivity index (χ1v) is 14.2. The number of benzene rings is 2. The number of nitriles is 1. The van der Waals surface area contributed by atoms with Crippen LogP contribution in [0.15, 0.2) is 53.4 Å². The highest BCUT2D eigenvalue weighted by Crippen LogP contribution is 2.39. The van der Waals surface area contributed by atoms with Gasteiger partial charge in [-0.15, -0.1) is 0 Å². The van der Waals surface area contributed by atoms with Crippen molar-refractivity contribution in [2.75, 3.05) is 12.8 Å². The zero-order valence-corrected chi connectivity index (χ0v) is 22.0. The standard InChI is InChI=1S/C25H30F3N3O3S2/c1-17(2)14-22(24(30)32)31(13-12-29)23(25(26,27)28)20-8-4-18(5-9-20)15-35-16-19-6-10-21(11-7-19)36(3,33)34/h4-11,17,22-23H,13-16H2,1-3H3,(H2,30,32)/t22-,23-/m0/s1. The molecule has 11 heteroatoms. The number of hydrogen-bond acceptors (Lipinski definition) is 6. The molecule has 0 unspecified atom stereocenters. The van der Waals surface area contributed by atoms with E-state index in [1.54, 1.807) is 56.3 Å². The zero-order valence-electron chi connectivity index (χ0n) is 20.3. The second kappa shape index (κ2) is 12.6. The quantitative estimate of drug-likeness (QED) is 0.385. The van der Waals surface area contributed by atoms with Crippen molar-refractivity contribution in [3.8, 4) is 6.07 Å². The Morgan fingerprint density at radius 3 is 1.94 bits per heavy atom. The van der Waals surface area contributed by atoms with Crippen LogP contribution in [0.4, 0.5) is 13.2 Å². The molecule has 0 spiro atoms. The van der Waals surface area contributed by atoms with Gasteiger partial charge in [0, 0.05) is 17.8 Å². The van der Waals surface area contributed by atoms with Crippen LogP contribution < -0.4 is 5.73 Å². The van der Waals surface area contributed by atoms with Gasteiger partial charge in [-0.1, -0.05) is 50.2 Å². The third-order valence-electron chi connectivity index (χ3n) is 5.50. The predicted molar refractivity (Wildman–Crippen MR) is 135 cm³/mol. The van der Waals surface area contributed by atoms with Crippen molar-refractivity contribution in [1.82, 2.24) is 4.90 Å². The number of nitrogens with two attached hydrogens (primary N) is 1.